The van der Waals surface area contributed by atoms with Gasteiger partial charge in [-0.05, 0) is 16.5 Å². The number of benzene rings is 1. The lowest BCUT2D eigenvalue weighted by atomic mass is 9.86. The smallest absolute Gasteiger partial charge is 0.257 e. The Kier molecular flexibility index (Phi) is 3.41. The van der Waals surface area contributed by atoms with Crippen LogP contribution in [0.15, 0.2) is 34.1 Å². The third-order valence-electron chi connectivity index (χ3n) is 3.63. The van der Waals surface area contributed by atoms with Gasteiger partial charge >= 0.3 is 0 Å². The molecule has 112 valence electrons. The van der Waals surface area contributed by atoms with Crippen LogP contribution >= 0.6 is 11.8 Å². The lowest BCUT2D eigenvalue weighted by Gasteiger charge is -2.25. The van der Waals surface area contributed by atoms with Crippen molar-refractivity contribution in [1.29, 1.82) is 0 Å². The van der Waals surface area contributed by atoms with Crippen LogP contribution in [-0.4, -0.2) is 30.8 Å². The van der Waals surface area contributed by atoms with E-state index in [0.717, 1.165) is 11.3 Å². The van der Waals surface area contributed by atoms with Gasteiger partial charge in [0.2, 0.25) is 0 Å². The summed E-state index contributed by atoms with van der Waals surface area (Å²) in [6, 6.07) is 8.46. The first-order valence-electron chi connectivity index (χ1n) is 6.84. The molecule has 0 spiro atoms. The Bertz CT molecular complexity index is 726. The molecule has 2 heterocycles. The van der Waals surface area contributed by atoms with Gasteiger partial charge in [0.1, 0.15) is 0 Å². The standard InChI is InChI=1S/C15H18N2O2S2/c1-15(2,3)12-6-4-11(5-7-12)13-10-20-14-16-21(18,19)9-8-17(13)14/h4-7,10H,8-9H2,1-3H3. The average Bonchev–Trinajstić information content (AvgIpc) is 2.79. The second-order valence-electron chi connectivity index (χ2n) is 6.26. The van der Waals surface area contributed by atoms with Crippen LogP contribution in [0, 0.1) is 0 Å². The summed E-state index contributed by atoms with van der Waals surface area (Å²) in [6.45, 7) is 7.04. The molecule has 0 aliphatic carbocycles. The van der Waals surface area contributed by atoms with Crippen molar-refractivity contribution in [2.45, 2.75) is 26.2 Å². The van der Waals surface area contributed by atoms with E-state index in [4.69, 9.17) is 0 Å². The third-order valence-corrected chi connectivity index (χ3v) is 5.76. The Hall–Kier alpha value is -1.27. The highest BCUT2D eigenvalue weighted by Crippen LogP contribution is 2.36. The van der Waals surface area contributed by atoms with Crippen LogP contribution in [-0.2, 0) is 15.4 Å². The van der Waals surface area contributed by atoms with Gasteiger partial charge in [0.25, 0.3) is 10.0 Å². The summed E-state index contributed by atoms with van der Waals surface area (Å²) in [5, 5.41) is 2.54. The topological polar surface area (TPSA) is 49.7 Å². The van der Waals surface area contributed by atoms with Crippen molar-refractivity contribution in [1.82, 2.24) is 4.90 Å². The minimum atomic E-state index is -3.28. The first-order valence-corrected chi connectivity index (χ1v) is 9.33. The zero-order chi connectivity index (χ0) is 15.3. The van der Waals surface area contributed by atoms with Gasteiger partial charge in [-0.25, -0.2) is 8.42 Å². The molecule has 0 unspecified atom stereocenters. The number of fused-ring (bicyclic) bond motifs is 1. The van der Waals surface area contributed by atoms with Crippen LogP contribution in [0.4, 0.5) is 0 Å². The molecule has 0 aromatic heterocycles. The molecular formula is C15H18N2O2S2. The summed E-state index contributed by atoms with van der Waals surface area (Å²) in [5.74, 6) is 0.0779. The number of sulfonamides is 1. The number of hydrogen-bond donors (Lipinski definition) is 0. The maximum atomic E-state index is 11.5. The maximum Gasteiger partial charge on any atom is 0.257 e. The zero-order valence-corrected chi connectivity index (χ0v) is 14.0. The predicted octanol–water partition coefficient (Wildman–Crippen LogP) is 3.03. The third kappa shape index (κ3) is 2.87. The van der Waals surface area contributed by atoms with E-state index >= 15 is 0 Å². The Morgan fingerprint density at radius 1 is 1.19 bits per heavy atom. The van der Waals surface area contributed by atoms with Gasteiger partial charge in [-0.3, -0.25) is 0 Å². The van der Waals surface area contributed by atoms with Gasteiger partial charge < -0.3 is 4.90 Å². The first kappa shape index (κ1) is 14.7. The van der Waals surface area contributed by atoms with E-state index in [9.17, 15) is 8.42 Å². The lowest BCUT2D eigenvalue weighted by molar-refractivity contribution is 0.566. The molecule has 0 N–H and O–H groups in total. The molecule has 1 aromatic carbocycles. The summed E-state index contributed by atoms with van der Waals surface area (Å²) in [6.07, 6.45) is 0. The van der Waals surface area contributed by atoms with Crippen molar-refractivity contribution in [2.75, 3.05) is 12.3 Å². The highest BCUT2D eigenvalue weighted by molar-refractivity contribution is 8.17. The highest BCUT2D eigenvalue weighted by Gasteiger charge is 2.31. The normalized spacial score (nSPS) is 20.8. The number of hydrogen-bond acceptors (Lipinski definition) is 4. The molecule has 0 radical (unpaired) electrons. The molecule has 2 aliphatic rings. The molecular weight excluding hydrogens is 304 g/mol. The van der Waals surface area contributed by atoms with Gasteiger partial charge in [0, 0.05) is 12.0 Å². The molecule has 0 atom stereocenters. The molecule has 0 fully saturated rings. The number of rotatable bonds is 1. The summed E-state index contributed by atoms with van der Waals surface area (Å²) < 4.78 is 26.9. The van der Waals surface area contributed by atoms with Crippen molar-refractivity contribution in [2.24, 2.45) is 4.40 Å². The van der Waals surface area contributed by atoms with Crippen LogP contribution in [0.2, 0.25) is 0 Å². The van der Waals surface area contributed by atoms with Gasteiger partial charge in [0.05, 0.1) is 11.4 Å². The molecule has 0 amide bonds. The van der Waals surface area contributed by atoms with Crippen molar-refractivity contribution in [3.8, 4) is 0 Å². The second kappa shape index (κ2) is 4.88. The van der Waals surface area contributed by atoms with E-state index in [-0.39, 0.29) is 11.2 Å². The van der Waals surface area contributed by atoms with E-state index in [0.29, 0.717) is 11.7 Å². The molecule has 3 rings (SSSR count). The molecule has 1 aromatic rings. The predicted molar refractivity (Wildman–Crippen MR) is 88.6 cm³/mol. The maximum absolute atomic E-state index is 11.5. The van der Waals surface area contributed by atoms with Crippen molar-refractivity contribution in [3.05, 3.63) is 40.8 Å². The Morgan fingerprint density at radius 2 is 1.86 bits per heavy atom. The van der Waals surface area contributed by atoms with E-state index < -0.39 is 10.0 Å². The van der Waals surface area contributed by atoms with Crippen molar-refractivity contribution >= 4 is 32.6 Å². The Balaban J connectivity index is 1.90. The molecule has 2 aliphatic heterocycles. The van der Waals surface area contributed by atoms with E-state index in [1.54, 1.807) is 0 Å². The summed E-state index contributed by atoms with van der Waals surface area (Å²) in [7, 11) is -3.28. The fourth-order valence-corrected chi connectivity index (χ4v) is 4.51. The van der Waals surface area contributed by atoms with Crippen molar-refractivity contribution < 1.29 is 8.42 Å². The first-order chi connectivity index (χ1) is 9.76. The molecule has 21 heavy (non-hydrogen) atoms. The lowest BCUT2D eigenvalue weighted by Crippen LogP contribution is -2.34. The summed E-state index contributed by atoms with van der Waals surface area (Å²) >= 11 is 1.38. The van der Waals surface area contributed by atoms with Crippen LogP contribution in [0.1, 0.15) is 31.9 Å². The van der Waals surface area contributed by atoms with Gasteiger partial charge in [-0.15, -0.1) is 4.40 Å². The minimum absolute atomic E-state index is 0.0779. The SMILES string of the molecule is CC(C)(C)c1ccc(C2=CSC3=NS(=O)(=O)CCN23)cc1. The van der Waals surface area contributed by atoms with Crippen LogP contribution in [0.3, 0.4) is 0 Å². The van der Waals surface area contributed by atoms with Gasteiger partial charge in [-0.2, -0.15) is 0 Å². The quantitative estimate of drug-likeness (QED) is 0.797. The Labute approximate surface area is 130 Å². The average molecular weight is 322 g/mol. The second-order valence-corrected chi connectivity index (χ2v) is 8.85. The summed E-state index contributed by atoms with van der Waals surface area (Å²) in [4.78, 5) is 1.98. The molecule has 0 saturated heterocycles. The van der Waals surface area contributed by atoms with E-state index in [2.05, 4.69) is 49.4 Å². The largest absolute Gasteiger partial charge is 0.318 e. The minimum Gasteiger partial charge on any atom is -0.318 e. The van der Waals surface area contributed by atoms with Crippen LogP contribution in [0.25, 0.3) is 5.70 Å². The van der Waals surface area contributed by atoms with E-state index in [1.807, 2.05) is 10.3 Å². The Morgan fingerprint density at radius 3 is 2.48 bits per heavy atom. The van der Waals surface area contributed by atoms with Crippen LogP contribution in [0.5, 0.6) is 0 Å². The van der Waals surface area contributed by atoms with Crippen molar-refractivity contribution in [3.63, 3.8) is 0 Å². The van der Waals surface area contributed by atoms with Crippen LogP contribution < -0.4 is 0 Å². The number of amidine groups is 1. The number of thioether (sulfide) groups is 1. The molecule has 4 nitrogen and oxygen atoms in total. The monoisotopic (exact) mass is 322 g/mol. The molecule has 6 heteroatoms. The number of nitrogens with zero attached hydrogens (tertiary/aromatic N) is 2. The highest BCUT2D eigenvalue weighted by atomic mass is 32.2. The summed E-state index contributed by atoms with van der Waals surface area (Å²) in [5.41, 5.74) is 3.55. The molecule has 0 bridgehead atoms. The van der Waals surface area contributed by atoms with E-state index in [1.165, 1.54) is 17.3 Å². The van der Waals surface area contributed by atoms with Gasteiger partial charge in [0.15, 0.2) is 5.17 Å². The molecule has 0 saturated carbocycles. The fourth-order valence-electron chi connectivity index (χ4n) is 2.36. The zero-order valence-electron chi connectivity index (χ0n) is 12.3. The van der Waals surface area contributed by atoms with Gasteiger partial charge in [-0.1, -0.05) is 56.8 Å². The fraction of sp³-hybridized carbons (Fsp3) is 0.400.